The van der Waals surface area contributed by atoms with Crippen LogP contribution in [0.5, 0.6) is 0 Å². The SMILES string of the molecule is NNC(c1sccc1Br)C1CCS(=O)(=O)C1. The van der Waals surface area contributed by atoms with Gasteiger partial charge in [-0.05, 0) is 39.7 Å². The van der Waals surface area contributed by atoms with Crippen molar-refractivity contribution in [1.82, 2.24) is 5.43 Å². The molecule has 16 heavy (non-hydrogen) atoms. The fourth-order valence-electron chi connectivity index (χ4n) is 2.04. The zero-order valence-electron chi connectivity index (χ0n) is 8.52. The van der Waals surface area contributed by atoms with E-state index in [1.165, 1.54) is 0 Å². The van der Waals surface area contributed by atoms with Gasteiger partial charge < -0.3 is 0 Å². The molecule has 0 bridgehead atoms. The van der Waals surface area contributed by atoms with E-state index in [1.807, 2.05) is 11.4 Å². The minimum atomic E-state index is -2.86. The average Bonchev–Trinajstić information content (AvgIpc) is 2.76. The van der Waals surface area contributed by atoms with Crippen molar-refractivity contribution in [3.63, 3.8) is 0 Å². The number of hydrogen-bond acceptors (Lipinski definition) is 5. The van der Waals surface area contributed by atoms with Crippen molar-refractivity contribution in [2.24, 2.45) is 11.8 Å². The largest absolute Gasteiger partial charge is 0.271 e. The number of hydrogen-bond donors (Lipinski definition) is 2. The van der Waals surface area contributed by atoms with Gasteiger partial charge in [0.05, 0.1) is 17.5 Å². The highest BCUT2D eigenvalue weighted by Gasteiger charge is 2.35. The summed E-state index contributed by atoms with van der Waals surface area (Å²) >= 11 is 5.03. The number of nitrogens with two attached hydrogens (primary N) is 1. The minimum absolute atomic E-state index is 0.0740. The average molecular weight is 325 g/mol. The predicted octanol–water partition coefficient (Wildman–Crippen LogP) is 1.45. The van der Waals surface area contributed by atoms with Crippen molar-refractivity contribution < 1.29 is 8.42 Å². The van der Waals surface area contributed by atoms with E-state index in [-0.39, 0.29) is 23.5 Å². The number of thiophene rings is 1. The summed E-state index contributed by atoms with van der Waals surface area (Å²) in [6.45, 7) is 0. The lowest BCUT2D eigenvalue weighted by Gasteiger charge is -2.20. The third-order valence-electron chi connectivity index (χ3n) is 2.85. The third-order valence-corrected chi connectivity index (χ3v) is 6.59. The molecular weight excluding hydrogens is 312 g/mol. The van der Waals surface area contributed by atoms with Crippen LogP contribution in [0.15, 0.2) is 15.9 Å². The van der Waals surface area contributed by atoms with E-state index < -0.39 is 9.84 Å². The van der Waals surface area contributed by atoms with Crippen molar-refractivity contribution in [2.75, 3.05) is 11.5 Å². The molecule has 4 nitrogen and oxygen atoms in total. The van der Waals surface area contributed by atoms with E-state index in [0.717, 1.165) is 9.35 Å². The number of halogens is 1. The van der Waals surface area contributed by atoms with Crippen LogP contribution in [-0.4, -0.2) is 19.9 Å². The Hall–Kier alpha value is 0.0500. The van der Waals surface area contributed by atoms with Gasteiger partial charge >= 0.3 is 0 Å². The molecule has 1 aromatic heterocycles. The third kappa shape index (κ3) is 2.48. The summed E-state index contributed by atoms with van der Waals surface area (Å²) in [5, 5.41) is 1.97. The molecule has 1 aliphatic rings. The minimum Gasteiger partial charge on any atom is -0.271 e. The van der Waals surface area contributed by atoms with Crippen molar-refractivity contribution in [2.45, 2.75) is 12.5 Å². The van der Waals surface area contributed by atoms with E-state index >= 15 is 0 Å². The number of nitrogens with one attached hydrogen (secondary N) is 1. The molecule has 2 atom stereocenters. The van der Waals surface area contributed by atoms with Gasteiger partial charge in [-0.3, -0.25) is 11.3 Å². The van der Waals surface area contributed by atoms with Crippen molar-refractivity contribution in [1.29, 1.82) is 0 Å². The van der Waals surface area contributed by atoms with Gasteiger partial charge in [0.1, 0.15) is 0 Å². The van der Waals surface area contributed by atoms with E-state index in [2.05, 4.69) is 21.4 Å². The number of rotatable bonds is 3. The fraction of sp³-hybridized carbons (Fsp3) is 0.556. The molecule has 1 aromatic rings. The summed E-state index contributed by atoms with van der Waals surface area (Å²) < 4.78 is 23.9. The van der Waals surface area contributed by atoms with Gasteiger partial charge in [0.2, 0.25) is 0 Å². The standard InChI is InChI=1S/C9H13BrN2O2S2/c10-7-1-3-15-9(7)8(12-11)6-2-4-16(13,14)5-6/h1,3,6,8,12H,2,4-5,11H2. The maximum Gasteiger partial charge on any atom is 0.150 e. The van der Waals surface area contributed by atoms with Crippen molar-refractivity contribution in [3.8, 4) is 0 Å². The van der Waals surface area contributed by atoms with E-state index in [4.69, 9.17) is 5.84 Å². The predicted molar refractivity (Wildman–Crippen MR) is 68.8 cm³/mol. The zero-order valence-corrected chi connectivity index (χ0v) is 11.7. The molecule has 0 saturated carbocycles. The Bertz CT molecular complexity index is 472. The lowest BCUT2D eigenvalue weighted by atomic mass is 9.98. The highest BCUT2D eigenvalue weighted by Crippen LogP contribution is 2.37. The Labute approximate surface area is 107 Å². The second-order valence-corrected chi connectivity index (χ2v) is 7.97. The van der Waals surface area contributed by atoms with Crippen LogP contribution >= 0.6 is 27.3 Å². The molecule has 3 N–H and O–H groups in total. The maximum absolute atomic E-state index is 11.4. The van der Waals surface area contributed by atoms with Gasteiger partial charge in [0, 0.05) is 9.35 Å². The first kappa shape index (κ1) is 12.5. The van der Waals surface area contributed by atoms with E-state index in [9.17, 15) is 8.42 Å². The van der Waals surface area contributed by atoms with Crippen LogP contribution < -0.4 is 11.3 Å². The second-order valence-electron chi connectivity index (χ2n) is 3.94. The molecule has 0 radical (unpaired) electrons. The highest BCUT2D eigenvalue weighted by atomic mass is 79.9. The Morgan fingerprint density at radius 3 is 2.81 bits per heavy atom. The lowest BCUT2D eigenvalue weighted by Crippen LogP contribution is -2.33. The molecule has 1 fully saturated rings. The molecular formula is C9H13BrN2O2S2. The zero-order chi connectivity index (χ0) is 11.8. The van der Waals surface area contributed by atoms with Crippen LogP contribution in [-0.2, 0) is 9.84 Å². The number of sulfone groups is 1. The Morgan fingerprint density at radius 2 is 2.38 bits per heavy atom. The molecule has 0 aliphatic carbocycles. The first-order valence-corrected chi connectivity index (χ1v) is 8.42. The van der Waals surface area contributed by atoms with E-state index in [1.54, 1.807) is 11.3 Å². The van der Waals surface area contributed by atoms with Gasteiger partial charge in [0.25, 0.3) is 0 Å². The molecule has 90 valence electrons. The molecule has 0 aromatic carbocycles. The van der Waals surface area contributed by atoms with Gasteiger partial charge in [0.15, 0.2) is 9.84 Å². The van der Waals surface area contributed by atoms with Crippen LogP contribution in [0.1, 0.15) is 17.3 Å². The smallest absolute Gasteiger partial charge is 0.150 e. The molecule has 1 aliphatic heterocycles. The van der Waals surface area contributed by atoms with Gasteiger partial charge in [-0.25, -0.2) is 8.42 Å². The first-order valence-electron chi connectivity index (χ1n) is 4.93. The summed E-state index contributed by atoms with van der Waals surface area (Å²) in [4.78, 5) is 1.07. The van der Waals surface area contributed by atoms with Crippen molar-refractivity contribution in [3.05, 3.63) is 20.8 Å². The Kier molecular flexibility index (Phi) is 3.70. The second kappa shape index (κ2) is 4.73. The molecule has 2 heterocycles. The first-order chi connectivity index (χ1) is 7.53. The van der Waals surface area contributed by atoms with Crippen LogP contribution in [0.4, 0.5) is 0 Å². The van der Waals surface area contributed by atoms with Crippen LogP contribution in [0, 0.1) is 5.92 Å². The molecule has 2 unspecified atom stereocenters. The Balaban J connectivity index is 2.22. The molecule has 1 saturated heterocycles. The van der Waals surface area contributed by atoms with Crippen LogP contribution in [0.2, 0.25) is 0 Å². The summed E-state index contributed by atoms with van der Waals surface area (Å²) in [5.74, 6) is 6.12. The van der Waals surface area contributed by atoms with Crippen LogP contribution in [0.25, 0.3) is 0 Å². The molecule has 0 spiro atoms. The quantitative estimate of drug-likeness (QED) is 0.652. The summed E-state index contributed by atoms with van der Waals surface area (Å²) in [5.41, 5.74) is 2.74. The van der Waals surface area contributed by atoms with Gasteiger partial charge in [-0.2, -0.15) is 0 Å². The summed E-state index contributed by atoms with van der Waals surface area (Å²) in [7, 11) is -2.86. The molecule has 2 rings (SSSR count). The van der Waals surface area contributed by atoms with Crippen molar-refractivity contribution >= 4 is 37.1 Å². The van der Waals surface area contributed by atoms with Gasteiger partial charge in [-0.1, -0.05) is 0 Å². The monoisotopic (exact) mass is 324 g/mol. The molecule has 0 amide bonds. The van der Waals surface area contributed by atoms with Crippen LogP contribution in [0.3, 0.4) is 0 Å². The summed E-state index contributed by atoms with van der Waals surface area (Å²) in [6.07, 6.45) is 0.682. The fourth-order valence-corrected chi connectivity index (χ4v) is 5.65. The normalized spacial score (nSPS) is 25.8. The topological polar surface area (TPSA) is 72.2 Å². The Morgan fingerprint density at radius 1 is 1.62 bits per heavy atom. The highest BCUT2D eigenvalue weighted by molar-refractivity contribution is 9.10. The lowest BCUT2D eigenvalue weighted by molar-refractivity contribution is 0.404. The summed E-state index contributed by atoms with van der Waals surface area (Å²) in [6, 6.07) is 1.87. The van der Waals surface area contributed by atoms with Gasteiger partial charge in [-0.15, -0.1) is 11.3 Å². The maximum atomic E-state index is 11.4. The number of hydrazine groups is 1. The molecule has 7 heteroatoms. The van der Waals surface area contributed by atoms with E-state index in [0.29, 0.717) is 6.42 Å².